The highest BCUT2D eigenvalue weighted by Gasteiger charge is 2.47. The Hall–Kier alpha value is -2.59. The summed E-state index contributed by atoms with van der Waals surface area (Å²) in [6.45, 7) is 3.41. The van der Waals surface area contributed by atoms with E-state index in [-0.39, 0.29) is 23.1 Å². The Balaban J connectivity index is 1.32. The van der Waals surface area contributed by atoms with Crippen LogP contribution in [-0.4, -0.2) is 56.8 Å². The third-order valence-electron chi connectivity index (χ3n) is 6.78. The number of hydrogen-bond donors (Lipinski definition) is 1. The largest absolute Gasteiger partial charge is 0.322 e. The van der Waals surface area contributed by atoms with E-state index in [1.54, 1.807) is 24.3 Å². The van der Waals surface area contributed by atoms with Gasteiger partial charge in [0.05, 0.1) is 43.2 Å². The van der Waals surface area contributed by atoms with Crippen LogP contribution in [-0.2, 0) is 19.6 Å². The molecule has 2 heterocycles. The number of piperazine rings is 1. The summed E-state index contributed by atoms with van der Waals surface area (Å²) in [5.74, 6) is -0.421. The number of nitrogens with one attached hydrogen (secondary N) is 1. The Labute approximate surface area is 207 Å². The van der Waals surface area contributed by atoms with Gasteiger partial charge in [0, 0.05) is 9.86 Å². The molecule has 0 radical (unpaired) electrons. The monoisotopic (exact) mass is 542 g/mol. The number of aryl methyl sites for hydroxylation is 1. The lowest BCUT2D eigenvalue weighted by molar-refractivity contribution is -0.918. The van der Waals surface area contributed by atoms with Crippen molar-refractivity contribution in [3.63, 3.8) is 0 Å². The zero-order valence-corrected chi connectivity index (χ0v) is 21.1. The van der Waals surface area contributed by atoms with Crippen LogP contribution in [0.5, 0.6) is 0 Å². The number of rotatable bonds is 4. The molecular formula is C25H25BrN3O4S+. The number of fused-ring (bicyclic) bond motifs is 1. The van der Waals surface area contributed by atoms with Crippen molar-refractivity contribution in [3.8, 4) is 0 Å². The summed E-state index contributed by atoms with van der Waals surface area (Å²) >= 11 is 3.41. The van der Waals surface area contributed by atoms with Crippen LogP contribution >= 0.6 is 15.9 Å². The number of carbonyl (C=O) groups excluding carboxylic acids is 2. The highest BCUT2D eigenvalue weighted by atomic mass is 79.9. The first-order chi connectivity index (χ1) is 16.3. The smallest absolute Gasteiger partial charge is 0.292 e. The molecule has 0 spiro atoms. The molecule has 1 atom stereocenters. The average molecular weight is 543 g/mol. The molecule has 0 unspecified atom stereocenters. The van der Waals surface area contributed by atoms with Crippen molar-refractivity contribution >= 4 is 54.2 Å². The van der Waals surface area contributed by atoms with Gasteiger partial charge in [-0.1, -0.05) is 52.3 Å². The standard InChI is InChI=1S/C25H24BrN3O4S/c1-17-15-19(9-10-21(17)26)34(32,33)28-13-11-27(12-14-28)23-16-24(30)29(25(23)31)22-8-4-6-18-5-2-3-7-20(18)22/h2-10,15,23H,11-14,16H2,1H3/p+1/t23-/m1/s1. The summed E-state index contributed by atoms with van der Waals surface area (Å²) in [5.41, 5.74) is 1.47. The van der Waals surface area contributed by atoms with Crippen LogP contribution < -0.4 is 9.80 Å². The van der Waals surface area contributed by atoms with Crippen molar-refractivity contribution < 1.29 is 22.9 Å². The molecular weight excluding hydrogens is 518 g/mol. The number of anilines is 1. The molecule has 34 heavy (non-hydrogen) atoms. The first kappa shape index (κ1) is 23.2. The van der Waals surface area contributed by atoms with Gasteiger partial charge in [0.1, 0.15) is 0 Å². The molecule has 1 N–H and O–H groups in total. The fourth-order valence-corrected chi connectivity index (χ4v) is 6.67. The predicted octanol–water partition coefficient (Wildman–Crippen LogP) is 2.13. The Morgan fingerprint density at radius 3 is 2.41 bits per heavy atom. The molecule has 176 valence electrons. The Morgan fingerprint density at radius 2 is 1.68 bits per heavy atom. The van der Waals surface area contributed by atoms with Crippen LogP contribution in [0.1, 0.15) is 12.0 Å². The first-order valence-electron chi connectivity index (χ1n) is 11.2. The van der Waals surface area contributed by atoms with E-state index in [1.807, 2.05) is 43.3 Å². The van der Waals surface area contributed by atoms with Crippen molar-refractivity contribution in [2.24, 2.45) is 0 Å². The number of amides is 2. The van der Waals surface area contributed by atoms with Crippen LogP contribution in [0, 0.1) is 6.92 Å². The van der Waals surface area contributed by atoms with Gasteiger partial charge < -0.3 is 4.90 Å². The first-order valence-corrected chi connectivity index (χ1v) is 13.5. The van der Waals surface area contributed by atoms with E-state index in [0.29, 0.717) is 31.9 Å². The minimum Gasteiger partial charge on any atom is -0.322 e. The molecule has 2 amide bonds. The normalized spacial score (nSPS) is 20.4. The third kappa shape index (κ3) is 3.96. The highest BCUT2D eigenvalue weighted by Crippen LogP contribution is 2.30. The molecule has 5 rings (SSSR count). The van der Waals surface area contributed by atoms with Crippen LogP contribution in [0.15, 0.2) is 70.0 Å². The van der Waals surface area contributed by atoms with E-state index in [0.717, 1.165) is 25.7 Å². The number of sulfonamides is 1. The maximum absolute atomic E-state index is 13.4. The van der Waals surface area contributed by atoms with E-state index < -0.39 is 16.1 Å². The number of nitrogens with zero attached hydrogens (tertiary/aromatic N) is 2. The van der Waals surface area contributed by atoms with Crippen molar-refractivity contribution in [2.45, 2.75) is 24.3 Å². The quantitative estimate of drug-likeness (QED) is 0.512. The van der Waals surface area contributed by atoms with E-state index in [1.165, 1.54) is 9.21 Å². The number of halogens is 1. The number of hydrogen-bond acceptors (Lipinski definition) is 4. The minimum absolute atomic E-state index is 0.135. The summed E-state index contributed by atoms with van der Waals surface area (Å²) in [6.07, 6.45) is 0.135. The topological polar surface area (TPSA) is 79.2 Å². The lowest BCUT2D eigenvalue weighted by Crippen LogP contribution is -3.19. The highest BCUT2D eigenvalue weighted by molar-refractivity contribution is 9.10. The van der Waals surface area contributed by atoms with Gasteiger partial charge in [-0.15, -0.1) is 0 Å². The van der Waals surface area contributed by atoms with E-state index in [4.69, 9.17) is 0 Å². The third-order valence-corrected chi connectivity index (χ3v) is 9.56. The minimum atomic E-state index is -3.61. The number of imide groups is 1. The Bertz CT molecular complexity index is 1400. The van der Waals surface area contributed by atoms with Gasteiger partial charge in [0.25, 0.3) is 5.91 Å². The van der Waals surface area contributed by atoms with Crippen molar-refractivity contribution in [1.82, 2.24) is 4.31 Å². The molecule has 0 bridgehead atoms. The Kier molecular flexibility index (Phi) is 6.05. The zero-order chi connectivity index (χ0) is 24.0. The lowest BCUT2D eigenvalue weighted by atomic mass is 10.1. The van der Waals surface area contributed by atoms with Crippen molar-refractivity contribution in [2.75, 3.05) is 31.1 Å². The molecule has 0 aliphatic carbocycles. The summed E-state index contributed by atoms with van der Waals surface area (Å²) < 4.78 is 28.6. The molecule has 3 aromatic rings. The summed E-state index contributed by atoms with van der Waals surface area (Å²) in [6, 6.07) is 17.8. The molecule has 2 aliphatic rings. The lowest BCUT2D eigenvalue weighted by Gasteiger charge is -2.33. The molecule has 0 aromatic heterocycles. The molecule has 2 saturated heterocycles. The van der Waals surface area contributed by atoms with E-state index >= 15 is 0 Å². The molecule has 9 heteroatoms. The molecule has 2 aliphatic heterocycles. The van der Waals surface area contributed by atoms with Gasteiger partial charge in [-0.05, 0) is 42.1 Å². The second-order valence-corrected chi connectivity index (χ2v) is 11.6. The molecule has 2 fully saturated rings. The van der Waals surface area contributed by atoms with Gasteiger partial charge in [-0.3, -0.25) is 9.59 Å². The van der Waals surface area contributed by atoms with E-state index in [2.05, 4.69) is 15.9 Å². The van der Waals surface area contributed by atoms with Crippen LogP contribution in [0.4, 0.5) is 5.69 Å². The SMILES string of the molecule is Cc1cc(S(=O)(=O)N2CC[NH+]([C@@H]3CC(=O)N(c4cccc5ccccc45)C3=O)CC2)ccc1Br. The maximum Gasteiger partial charge on any atom is 0.292 e. The van der Waals surface area contributed by atoms with Gasteiger partial charge in [-0.2, -0.15) is 4.31 Å². The number of benzene rings is 3. The Morgan fingerprint density at radius 1 is 0.971 bits per heavy atom. The number of quaternary nitrogens is 1. The van der Waals surface area contributed by atoms with Gasteiger partial charge in [-0.25, -0.2) is 13.3 Å². The molecule has 7 nitrogen and oxygen atoms in total. The van der Waals surface area contributed by atoms with Crippen molar-refractivity contribution in [1.29, 1.82) is 0 Å². The van der Waals surface area contributed by atoms with Gasteiger partial charge in [0.15, 0.2) is 6.04 Å². The fraction of sp³-hybridized carbons (Fsp3) is 0.280. The van der Waals surface area contributed by atoms with E-state index in [9.17, 15) is 18.0 Å². The fourth-order valence-electron chi connectivity index (χ4n) is 4.90. The maximum atomic E-state index is 13.4. The van der Waals surface area contributed by atoms with Crippen LogP contribution in [0.3, 0.4) is 0 Å². The molecule has 0 saturated carbocycles. The van der Waals surface area contributed by atoms with Crippen LogP contribution in [0.2, 0.25) is 0 Å². The summed E-state index contributed by atoms with van der Waals surface area (Å²) in [7, 11) is -3.61. The van der Waals surface area contributed by atoms with Crippen molar-refractivity contribution in [3.05, 3.63) is 70.7 Å². The average Bonchev–Trinajstić information content (AvgIpc) is 3.14. The second kappa shape index (κ2) is 8.88. The summed E-state index contributed by atoms with van der Waals surface area (Å²) in [5, 5.41) is 1.83. The molecule has 3 aromatic carbocycles. The van der Waals surface area contributed by atoms with Crippen LogP contribution in [0.25, 0.3) is 10.8 Å². The number of carbonyl (C=O) groups is 2. The summed E-state index contributed by atoms with van der Waals surface area (Å²) in [4.78, 5) is 28.8. The second-order valence-electron chi connectivity index (χ2n) is 8.80. The van der Waals surface area contributed by atoms with Gasteiger partial charge >= 0.3 is 0 Å². The van der Waals surface area contributed by atoms with Gasteiger partial charge in [0.2, 0.25) is 15.9 Å². The predicted molar refractivity (Wildman–Crippen MR) is 133 cm³/mol. The zero-order valence-electron chi connectivity index (χ0n) is 18.7.